The Hall–Kier alpha value is -1.57. The maximum Gasteiger partial charge on any atom is 0.140 e. The molecular formula is C14H15NO. The number of para-hydroxylation sites is 1. The van der Waals surface area contributed by atoms with Gasteiger partial charge in [-0.15, -0.1) is 0 Å². The number of Topliss-reactive ketones (excluding diaryl/α,β-unsaturated/α-hetero) is 1. The Balaban J connectivity index is 2.29. The first kappa shape index (κ1) is 9.64. The van der Waals surface area contributed by atoms with Crippen molar-refractivity contribution in [2.45, 2.75) is 25.2 Å². The van der Waals surface area contributed by atoms with Gasteiger partial charge < -0.3 is 4.57 Å². The summed E-state index contributed by atoms with van der Waals surface area (Å²) in [4.78, 5) is 11.8. The highest BCUT2D eigenvalue weighted by atomic mass is 16.1. The number of aryl methyl sites for hydroxylation is 1. The number of hydrogen-bond acceptors (Lipinski definition) is 1. The molecular weight excluding hydrogens is 198 g/mol. The molecule has 2 heteroatoms. The highest BCUT2D eigenvalue weighted by Gasteiger charge is 2.50. The fourth-order valence-electron chi connectivity index (χ4n) is 2.66. The van der Waals surface area contributed by atoms with Crippen LogP contribution in [0.25, 0.3) is 10.9 Å². The molecule has 1 aromatic carbocycles. The number of hydrogen-bond donors (Lipinski definition) is 0. The third-order valence-electron chi connectivity index (χ3n) is 3.84. The van der Waals surface area contributed by atoms with Gasteiger partial charge in [-0.25, -0.2) is 0 Å². The van der Waals surface area contributed by atoms with E-state index >= 15 is 0 Å². The van der Waals surface area contributed by atoms with E-state index in [2.05, 4.69) is 22.9 Å². The summed E-state index contributed by atoms with van der Waals surface area (Å²) in [7, 11) is 2.04. The van der Waals surface area contributed by atoms with Gasteiger partial charge >= 0.3 is 0 Å². The largest absolute Gasteiger partial charge is 0.350 e. The zero-order valence-corrected chi connectivity index (χ0v) is 9.66. The second kappa shape index (κ2) is 2.97. The molecule has 16 heavy (non-hydrogen) atoms. The maximum absolute atomic E-state index is 11.8. The van der Waals surface area contributed by atoms with Crippen LogP contribution in [0.4, 0.5) is 0 Å². The van der Waals surface area contributed by atoms with E-state index in [1.807, 2.05) is 19.2 Å². The summed E-state index contributed by atoms with van der Waals surface area (Å²) in [6, 6.07) is 8.31. The molecule has 0 bridgehead atoms. The zero-order valence-electron chi connectivity index (χ0n) is 9.66. The lowest BCUT2D eigenvalue weighted by atomic mass is 9.92. The maximum atomic E-state index is 11.8. The highest BCUT2D eigenvalue weighted by molar-refractivity contribution is 5.97. The van der Waals surface area contributed by atoms with Crippen LogP contribution >= 0.6 is 0 Å². The van der Waals surface area contributed by atoms with E-state index in [4.69, 9.17) is 0 Å². The summed E-state index contributed by atoms with van der Waals surface area (Å²) in [6.45, 7) is 1.72. The van der Waals surface area contributed by atoms with E-state index < -0.39 is 0 Å². The SMILES string of the molecule is CC(=O)C1(c2cn(C)c3ccccc23)CC1. The minimum absolute atomic E-state index is 0.166. The first-order valence-corrected chi connectivity index (χ1v) is 5.71. The molecule has 0 saturated heterocycles. The molecule has 1 heterocycles. The summed E-state index contributed by atoms with van der Waals surface area (Å²) in [5.41, 5.74) is 2.27. The number of carbonyl (C=O) groups excluding carboxylic acids is 1. The third-order valence-corrected chi connectivity index (χ3v) is 3.84. The monoisotopic (exact) mass is 213 g/mol. The zero-order chi connectivity index (χ0) is 11.3. The van der Waals surface area contributed by atoms with Crippen molar-refractivity contribution in [3.63, 3.8) is 0 Å². The van der Waals surface area contributed by atoms with Crippen LogP contribution in [0, 0.1) is 0 Å². The molecule has 2 nitrogen and oxygen atoms in total. The van der Waals surface area contributed by atoms with Gasteiger partial charge in [0.25, 0.3) is 0 Å². The van der Waals surface area contributed by atoms with Gasteiger partial charge in [0.15, 0.2) is 0 Å². The number of carbonyl (C=O) groups is 1. The van der Waals surface area contributed by atoms with E-state index in [0.717, 1.165) is 12.8 Å². The second-order valence-electron chi connectivity index (χ2n) is 4.81. The normalized spacial score (nSPS) is 17.6. The molecule has 1 aliphatic rings. The highest BCUT2D eigenvalue weighted by Crippen LogP contribution is 2.51. The molecule has 0 amide bonds. The molecule has 0 radical (unpaired) electrons. The fourth-order valence-corrected chi connectivity index (χ4v) is 2.66. The molecule has 3 rings (SSSR count). The average molecular weight is 213 g/mol. The Kier molecular flexibility index (Phi) is 1.79. The van der Waals surface area contributed by atoms with E-state index in [9.17, 15) is 4.79 Å². The van der Waals surface area contributed by atoms with Crippen LogP contribution in [0.3, 0.4) is 0 Å². The van der Waals surface area contributed by atoms with Crippen molar-refractivity contribution < 1.29 is 4.79 Å². The van der Waals surface area contributed by atoms with Crippen LogP contribution in [0.5, 0.6) is 0 Å². The Morgan fingerprint density at radius 1 is 1.31 bits per heavy atom. The first-order valence-electron chi connectivity index (χ1n) is 5.71. The van der Waals surface area contributed by atoms with E-state index in [1.54, 1.807) is 6.92 Å². The Bertz CT molecular complexity index is 575. The van der Waals surface area contributed by atoms with Gasteiger partial charge in [-0.2, -0.15) is 0 Å². The van der Waals surface area contributed by atoms with Gasteiger partial charge in [0.1, 0.15) is 5.78 Å². The lowest BCUT2D eigenvalue weighted by Gasteiger charge is -2.09. The van der Waals surface area contributed by atoms with Gasteiger partial charge in [0.05, 0.1) is 5.41 Å². The van der Waals surface area contributed by atoms with Crippen molar-refractivity contribution in [1.82, 2.24) is 4.57 Å². The Labute approximate surface area is 94.9 Å². The van der Waals surface area contributed by atoms with Crippen molar-refractivity contribution in [2.24, 2.45) is 7.05 Å². The van der Waals surface area contributed by atoms with Crippen molar-refractivity contribution >= 4 is 16.7 Å². The number of benzene rings is 1. The summed E-state index contributed by atoms with van der Waals surface area (Å²) >= 11 is 0. The van der Waals surface area contributed by atoms with E-state index in [1.165, 1.54) is 16.5 Å². The summed E-state index contributed by atoms with van der Waals surface area (Å²) < 4.78 is 2.12. The number of fused-ring (bicyclic) bond motifs is 1. The molecule has 82 valence electrons. The predicted octanol–water partition coefficient (Wildman–Crippen LogP) is 2.80. The van der Waals surface area contributed by atoms with Crippen LogP contribution < -0.4 is 0 Å². The predicted molar refractivity (Wildman–Crippen MR) is 64.5 cm³/mol. The molecule has 0 aliphatic heterocycles. The van der Waals surface area contributed by atoms with Crippen molar-refractivity contribution in [3.05, 3.63) is 36.0 Å². The minimum atomic E-state index is -0.166. The molecule has 1 aliphatic carbocycles. The fraction of sp³-hybridized carbons (Fsp3) is 0.357. The average Bonchev–Trinajstić information content (AvgIpc) is 3.01. The lowest BCUT2D eigenvalue weighted by Crippen LogP contribution is -2.16. The number of aromatic nitrogens is 1. The van der Waals surface area contributed by atoms with Crippen LogP contribution in [0.2, 0.25) is 0 Å². The van der Waals surface area contributed by atoms with E-state index in [-0.39, 0.29) is 5.41 Å². The third kappa shape index (κ3) is 1.10. The Morgan fingerprint density at radius 3 is 2.62 bits per heavy atom. The minimum Gasteiger partial charge on any atom is -0.350 e. The topological polar surface area (TPSA) is 22.0 Å². The van der Waals surface area contributed by atoms with Gasteiger partial charge in [0, 0.05) is 24.1 Å². The first-order chi connectivity index (χ1) is 7.65. The Morgan fingerprint density at radius 2 is 2.00 bits per heavy atom. The molecule has 0 atom stereocenters. The number of ketones is 1. The molecule has 0 spiro atoms. The van der Waals surface area contributed by atoms with Gasteiger partial charge in [-0.3, -0.25) is 4.79 Å². The standard InChI is InChI=1S/C14H15NO/c1-10(16)14(7-8-14)12-9-15(2)13-6-4-3-5-11(12)13/h3-6,9H,7-8H2,1-2H3. The summed E-state index contributed by atoms with van der Waals surface area (Å²) in [5, 5.41) is 1.23. The molecule has 0 N–H and O–H groups in total. The molecule has 0 unspecified atom stereocenters. The smallest absolute Gasteiger partial charge is 0.140 e. The van der Waals surface area contributed by atoms with Crippen LogP contribution in [0.1, 0.15) is 25.3 Å². The molecule has 2 aromatic rings. The quantitative estimate of drug-likeness (QED) is 0.751. The van der Waals surface area contributed by atoms with Crippen molar-refractivity contribution in [2.75, 3.05) is 0 Å². The summed E-state index contributed by atoms with van der Waals surface area (Å²) in [5.74, 6) is 0.309. The van der Waals surface area contributed by atoms with E-state index in [0.29, 0.717) is 5.78 Å². The van der Waals surface area contributed by atoms with Crippen LogP contribution in [-0.2, 0) is 17.3 Å². The van der Waals surface area contributed by atoms with Crippen LogP contribution in [-0.4, -0.2) is 10.4 Å². The second-order valence-corrected chi connectivity index (χ2v) is 4.81. The van der Waals surface area contributed by atoms with Crippen molar-refractivity contribution in [3.8, 4) is 0 Å². The molecule has 1 fully saturated rings. The summed E-state index contributed by atoms with van der Waals surface area (Å²) in [6.07, 6.45) is 4.14. The molecule has 1 aromatic heterocycles. The van der Waals surface area contributed by atoms with Gasteiger partial charge in [-0.1, -0.05) is 18.2 Å². The van der Waals surface area contributed by atoms with Crippen molar-refractivity contribution in [1.29, 1.82) is 0 Å². The van der Waals surface area contributed by atoms with Crippen LogP contribution in [0.15, 0.2) is 30.5 Å². The van der Waals surface area contributed by atoms with Gasteiger partial charge in [0.2, 0.25) is 0 Å². The van der Waals surface area contributed by atoms with Gasteiger partial charge in [-0.05, 0) is 31.4 Å². The lowest BCUT2D eigenvalue weighted by molar-refractivity contribution is -0.119. The number of nitrogens with zero attached hydrogens (tertiary/aromatic N) is 1. The molecule has 1 saturated carbocycles. The number of rotatable bonds is 2.